The fraction of sp³-hybridized carbons (Fsp3) is 0.594. The first-order valence-electron chi connectivity index (χ1n) is 16.1. The monoisotopic (exact) mass is 666 g/mol. The first-order chi connectivity index (χ1) is 22.4. The Bertz CT molecular complexity index is 1530. The van der Waals surface area contributed by atoms with Crippen LogP contribution in [0.25, 0.3) is 0 Å². The van der Waals surface area contributed by atoms with Crippen molar-refractivity contribution < 1.29 is 29.1 Å². The molecule has 3 aliphatic rings. The third kappa shape index (κ3) is 7.78. The molecule has 1 aliphatic carbocycles. The highest BCUT2D eigenvalue weighted by Gasteiger charge is 2.49. The van der Waals surface area contributed by atoms with Gasteiger partial charge in [0.05, 0.1) is 17.9 Å². The van der Waals surface area contributed by atoms with Crippen molar-refractivity contribution in [3.63, 3.8) is 0 Å². The van der Waals surface area contributed by atoms with E-state index in [-0.39, 0.29) is 49.6 Å². The molecule has 0 unspecified atom stereocenters. The van der Waals surface area contributed by atoms with Gasteiger partial charge in [0.15, 0.2) is 0 Å². The first kappa shape index (κ1) is 34.4. The molecule has 0 spiro atoms. The number of rotatable bonds is 10. The molecule has 2 saturated heterocycles. The van der Waals surface area contributed by atoms with Gasteiger partial charge in [0.1, 0.15) is 28.6 Å². The normalized spacial score (nSPS) is 22.1. The number of likely N-dealkylation sites (tertiary alicyclic amines) is 1. The van der Waals surface area contributed by atoms with Gasteiger partial charge in [0, 0.05) is 19.2 Å². The molecule has 1 saturated carbocycles. The van der Waals surface area contributed by atoms with E-state index in [0.29, 0.717) is 17.2 Å². The average molecular weight is 667 g/mol. The number of nitrogens with zero attached hydrogens (tertiary/aromatic N) is 6. The number of nitrogens with one attached hydrogen (secondary N) is 1. The Hall–Kier alpha value is -3.98. The second-order valence-corrected chi connectivity index (χ2v) is 14.4. The lowest BCUT2D eigenvalue weighted by Gasteiger charge is -2.37. The number of aliphatic imine (C=N–C) groups is 1. The van der Waals surface area contributed by atoms with E-state index in [1.54, 1.807) is 37.7 Å². The van der Waals surface area contributed by atoms with Gasteiger partial charge in [-0.3, -0.25) is 29.0 Å². The summed E-state index contributed by atoms with van der Waals surface area (Å²) < 4.78 is 1.51. The van der Waals surface area contributed by atoms with Crippen LogP contribution < -0.4 is 11.1 Å². The number of ketones is 1. The average Bonchev–Trinajstić information content (AvgIpc) is 3.73. The number of hydrogen-bond acceptors (Lipinski definition) is 10. The second kappa shape index (κ2) is 14.4. The van der Waals surface area contributed by atoms with Gasteiger partial charge in [-0.2, -0.15) is 11.8 Å². The number of hydrogen-bond donors (Lipinski definition) is 3. The standard InChI is InChI=1S/C32H42N8O6S/c1-31(2,46)25-18-35-38-40(25)21-17-24(29(44)37-32(26(41)27(33)42)11-14-47-15-12-32)39(19-21)30(45)23(16-20-8-4-3-5-9-20)36-28(43)22-10-6-7-13-34-22/h6-7,10,13,18,20-21,24,46H,3-5,8-9,11-12,14-17,19H2,1-2H3,(H2,33,42)(H,37,44)/t21-,24-/m0/s1. The molecular weight excluding hydrogens is 624 g/mol. The fourth-order valence-electron chi connectivity index (χ4n) is 6.78. The zero-order valence-electron chi connectivity index (χ0n) is 26.8. The number of carbonyl (C=O) groups is 5. The van der Waals surface area contributed by atoms with Crippen molar-refractivity contribution in [2.45, 2.75) is 94.9 Å². The Morgan fingerprint density at radius 1 is 1.13 bits per heavy atom. The molecule has 4 heterocycles. The third-order valence-electron chi connectivity index (χ3n) is 9.33. The van der Waals surface area contributed by atoms with Gasteiger partial charge in [0.2, 0.25) is 11.7 Å². The van der Waals surface area contributed by atoms with Crippen molar-refractivity contribution in [1.82, 2.24) is 30.2 Å². The van der Waals surface area contributed by atoms with Gasteiger partial charge in [-0.15, -0.1) is 5.10 Å². The topological polar surface area (TPSA) is 203 Å². The molecule has 2 atom stereocenters. The summed E-state index contributed by atoms with van der Waals surface area (Å²) in [6.45, 7) is 3.17. The van der Waals surface area contributed by atoms with Crippen LogP contribution in [0.2, 0.25) is 0 Å². The molecule has 4 N–H and O–H groups in total. The van der Waals surface area contributed by atoms with Gasteiger partial charge in [0.25, 0.3) is 17.7 Å². The molecule has 4 amide bonds. The fourth-order valence-corrected chi connectivity index (χ4v) is 7.97. The number of thioether (sulfide) groups is 1. The Balaban J connectivity index is 1.51. The molecule has 14 nitrogen and oxygen atoms in total. The van der Waals surface area contributed by atoms with E-state index in [1.165, 1.54) is 28.0 Å². The predicted octanol–water partition coefficient (Wildman–Crippen LogP) is 1.73. The minimum atomic E-state index is -1.49. The number of aromatic nitrogens is 4. The highest BCUT2D eigenvalue weighted by Crippen LogP contribution is 2.34. The van der Waals surface area contributed by atoms with Crippen LogP contribution in [-0.2, 0) is 24.8 Å². The van der Waals surface area contributed by atoms with Gasteiger partial charge < -0.3 is 21.1 Å². The molecule has 0 bridgehead atoms. The smallest absolute Gasteiger partial charge is 0.295 e. The molecule has 0 radical (unpaired) electrons. The summed E-state index contributed by atoms with van der Waals surface area (Å²) in [6, 6.07) is 3.17. The Kier molecular flexibility index (Phi) is 10.5. The Morgan fingerprint density at radius 3 is 2.49 bits per heavy atom. The molecule has 252 valence electrons. The van der Waals surface area contributed by atoms with E-state index in [1.807, 2.05) is 0 Å². The summed E-state index contributed by atoms with van der Waals surface area (Å²) >= 11 is 1.60. The number of aliphatic hydroxyl groups is 1. The van der Waals surface area contributed by atoms with Crippen molar-refractivity contribution in [1.29, 1.82) is 0 Å². The van der Waals surface area contributed by atoms with Crippen LogP contribution in [0.15, 0.2) is 35.6 Å². The third-order valence-corrected chi connectivity index (χ3v) is 10.3. The van der Waals surface area contributed by atoms with Gasteiger partial charge >= 0.3 is 0 Å². The van der Waals surface area contributed by atoms with E-state index < -0.39 is 52.6 Å². The lowest BCUT2D eigenvalue weighted by atomic mass is 9.85. The van der Waals surface area contributed by atoms with E-state index in [2.05, 4.69) is 25.6 Å². The lowest BCUT2D eigenvalue weighted by molar-refractivity contribution is -0.143. The van der Waals surface area contributed by atoms with Crippen LogP contribution in [0.4, 0.5) is 0 Å². The Labute approximate surface area is 277 Å². The minimum absolute atomic E-state index is 0.00254. The summed E-state index contributed by atoms with van der Waals surface area (Å²) in [5.74, 6) is -2.66. The number of primary amides is 1. The summed E-state index contributed by atoms with van der Waals surface area (Å²) in [4.78, 5) is 76.9. The molecule has 3 fully saturated rings. The SMILES string of the molecule is CC(C)(O)c1cnnn1[C@H]1C[C@@H](C(=O)NC2(C(=O)C(N)=O)CCSCC2)N(C(=O)C(CC2CCCCC2)=NC(=O)c2ccccn2)C1. The summed E-state index contributed by atoms with van der Waals surface area (Å²) in [6.07, 6.45) is 8.57. The zero-order valence-corrected chi connectivity index (χ0v) is 27.6. The van der Waals surface area contributed by atoms with Crippen molar-refractivity contribution in [2.24, 2.45) is 16.6 Å². The van der Waals surface area contributed by atoms with Crippen LogP contribution in [0, 0.1) is 5.92 Å². The molecule has 2 aromatic heterocycles. The van der Waals surface area contributed by atoms with Crippen LogP contribution in [0.1, 0.15) is 93.9 Å². The maximum atomic E-state index is 14.5. The van der Waals surface area contributed by atoms with E-state index in [9.17, 15) is 29.1 Å². The highest BCUT2D eigenvalue weighted by atomic mass is 32.2. The molecule has 15 heteroatoms. The van der Waals surface area contributed by atoms with E-state index >= 15 is 0 Å². The second-order valence-electron chi connectivity index (χ2n) is 13.1. The van der Waals surface area contributed by atoms with Crippen molar-refractivity contribution >= 4 is 46.9 Å². The molecular formula is C32H42N8O6S. The minimum Gasteiger partial charge on any atom is -0.384 e. The van der Waals surface area contributed by atoms with Crippen molar-refractivity contribution in [3.05, 3.63) is 42.0 Å². The van der Waals surface area contributed by atoms with Crippen LogP contribution >= 0.6 is 11.8 Å². The molecule has 0 aromatic carbocycles. The molecule has 5 rings (SSSR count). The highest BCUT2D eigenvalue weighted by molar-refractivity contribution is 7.99. The molecule has 47 heavy (non-hydrogen) atoms. The number of Topliss-reactive ketones (excluding diaryl/α,β-unsaturated/α-hetero) is 1. The quantitative estimate of drug-likeness (QED) is 0.248. The lowest BCUT2D eigenvalue weighted by Crippen LogP contribution is -2.63. The largest absolute Gasteiger partial charge is 0.384 e. The predicted molar refractivity (Wildman–Crippen MR) is 173 cm³/mol. The Morgan fingerprint density at radius 2 is 1.85 bits per heavy atom. The number of pyridine rings is 1. The maximum absolute atomic E-state index is 14.5. The van der Waals surface area contributed by atoms with Crippen molar-refractivity contribution in [2.75, 3.05) is 18.1 Å². The summed E-state index contributed by atoms with van der Waals surface area (Å²) in [7, 11) is 0. The van der Waals surface area contributed by atoms with Crippen LogP contribution in [-0.4, -0.2) is 94.7 Å². The van der Waals surface area contributed by atoms with Gasteiger partial charge in [-0.05, 0) is 62.7 Å². The van der Waals surface area contributed by atoms with Gasteiger partial charge in [-0.1, -0.05) is 43.4 Å². The zero-order chi connectivity index (χ0) is 33.8. The van der Waals surface area contributed by atoms with E-state index in [0.717, 1.165) is 32.1 Å². The first-order valence-corrected chi connectivity index (χ1v) is 17.3. The van der Waals surface area contributed by atoms with Gasteiger partial charge in [-0.25, -0.2) is 9.67 Å². The summed E-state index contributed by atoms with van der Waals surface area (Å²) in [5, 5.41) is 21.8. The number of amides is 4. The number of carbonyl (C=O) groups excluding carboxylic acids is 5. The molecule has 2 aliphatic heterocycles. The summed E-state index contributed by atoms with van der Waals surface area (Å²) in [5.41, 5.74) is 3.13. The van der Waals surface area contributed by atoms with E-state index in [4.69, 9.17) is 5.73 Å². The maximum Gasteiger partial charge on any atom is 0.295 e. The molecule has 2 aromatic rings. The van der Waals surface area contributed by atoms with Crippen LogP contribution in [0.3, 0.4) is 0 Å². The number of nitrogens with two attached hydrogens (primary N) is 1. The van der Waals surface area contributed by atoms with Crippen LogP contribution in [0.5, 0.6) is 0 Å². The van der Waals surface area contributed by atoms with Crippen molar-refractivity contribution in [3.8, 4) is 0 Å².